The molecule has 0 saturated carbocycles. The predicted molar refractivity (Wildman–Crippen MR) is 54.1 cm³/mol. The van der Waals surface area contributed by atoms with E-state index in [1.165, 1.54) is 0 Å². The van der Waals surface area contributed by atoms with Crippen LogP contribution in [0.15, 0.2) is 12.2 Å². The van der Waals surface area contributed by atoms with Crippen LogP contribution in [0.2, 0.25) is 0 Å². The first-order valence-corrected chi connectivity index (χ1v) is 4.17. The quantitative estimate of drug-likeness (QED) is 0.471. The zero-order chi connectivity index (χ0) is 10.3. The number of hydrogen-bond donors (Lipinski definition) is 2. The normalized spacial score (nSPS) is 11.5. The van der Waals surface area contributed by atoms with Gasteiger partial charge in [0.1, 0.15) is 0 Å². The van der Waals surface area contributed by atoms with Gasteiger partial charge in [-0.05, 0) is 13.8 Å². The number of carbonyl (C=O) groups excluding carboxylic acids is 1. The van der Waals surface area contributed by atoms with Crippen molar-refractivity contribution in [3.8, 4) is 12.3 Å². The van der Waals surface area contributed by atoms with E-state index in [0.717, 1.165) is 5.57 Å². The maximum Gasteiger partial charge on any atom is 0.237 e. The van der Waals surface area contributed by atoms with Gasteiger partial charge in [0.05, 0.1) is 12.6 Å². The van der Waals surface area contributed by atoms with Crippen molar-refractivity contribution in [2.45, 2.75) is 19.9 Å². The molecule has 0 heterocycles. The molecule has 0 spiro atoms. The van der Waals surface area contributed by atoms with Crippen LogP contribution >= 0.6 is 0 Å². The van der Waals surface area contributed by atoms with E-state index in [4.69, 9.17) is 6.42 Å². The Morgan fingerprint density at radius 3 is 2.77 bits per heavy atom. The van der Waals surface area contributed by atoms with Gasteiger partial charge < -0.3 is 10.6 Å². The first-order chi connectivity index (χ1) is 6.07. The second-order valence-corrected chi connectivity index (χ2v) is 2.98. The van der Waals surface area contributed by atoms with Crippen LogP contribution in [0.3, 0.4) is 0 Å². The van der Waals surface area contributed by atoms with Gasteiger partial charge in [-0.1, -0.05) is 18.1 Å². The Labute approximate surface area is 79.6 Å². The summed E-state index contributed by atoms with van der Waals surface area (Å²) < 4.78 is 0. The molecule has 0 aromatic carbocycles. The molecule has 3 heteroatoms. The lowest BCUT2D eigenvalue weighted by molar-refractivity contribution is -0.122. The minimum atomic E-state index is -0.231. The highest BCUT2D eigenvalue weighted by molar-refractivity contribution is 5.81. The van der Waals surface area contributed by atoms with E-state index >= 15 is 0 Å². The fourth-order valence-electron chi connectivity index (χ4n) is 0.711. The monoisotopic (exact) mass is 180 g/mol. The Bertz CT molecular complexity index is 228. The Hall–Kier alpha value is -1.27. The minimum absolute atomic E-state index is 0.0841. The molecular formula is C10H16N2O. The molecule has 0 aromatic rings. The van der Waals surface area contributed by atoms with E-state index in [-0.39, 0.29) is 18.5 Å². The zero-order valence-electron chi connectivity index (χ0n) is 8.18. The van der Waals surface area contributed by atoms with E-state index in [0.29, 0.717) is 6.54 Å². The molecule has 0 aromatic heterocycles. The Morgan fingerprint density at radius 2 is 2.31 bits per heavy atom. The minimum Gasteiger partial charge on any atom is -0.344 e. The topological polar surface area (TPSA) is 41.1 Å². The van der Waals surface area contributed by atoms with Crippen LogP contribution in [0.4, 0.5) is 0 Å². The summed E-state index contributed by atoms with van der Waals surface area (Å²) in [5.74, 6) is 2.26. The average molecular weight is 180 g/mol. The smallest absolute Gasteiger partial charge is 0.237 e. The van der Waals surface area contributed by atoms with E-state index in [1.54, 1.807) is 6.92 Å². The SMILES string of the molecule is C#CCNC(=O)C(C)NCC(=C)C. The van der Waals surface area contributed by atoms with E-state index in [1.807, 2.05) is 6.92 Å². The number of carbonyl (C=O) groups is 1. The predicted octanol–water partition coefficient (Wildman–Crippen LogP) is 0.290. The number of hydrogen-bond acceptors (Lipinski definition) is 2. The molecular weight excluding hydrogens is 164 g/mol. The summed E-state index contributed by atoms with van der Waals surface area (Å²) >= 11 is 0. The number of nitrogens with one attached hydrogen (secondary N) is 2. The summed E-state index contributed by atoms with van der Waals surface area (Å²) in [4.78, 5) is 11.2. The summed E-state index contributed by atoms with van der Waals surface area (Å²) in [5.41, 5.74) is 0.997. The molecule has 2 N–H and O–H groups in total. The van der Waals surface area contributed by atoms with Gasteiger partial charge in [0.2, 0.25) is 5.91 Å². The molecule has 13 heavy (non-hydrogen) atoms. The standard InChI is InChI=1S/C10H16N2O/c1-5-6-11-10(13)9(4)12-7-8(2)3/h1,9,12H,2,6-7H2,3-4H3,(H,11,13). The van der Waals surface area contributed by atoms with Crippen molar-refractivity contribution >= 4 is 5.91 Å². The molecule has 0 aliphatic rings. The Morgan fingerprint density at radius 1 is 1.69 bits per heavy atom. The van der Waals surface area contributed by atoms with Crippen LogP contribution in [-0.2, 0) is 4.79 Å². The lowest BCUT2D eigenvalue weighted by atomic mass is 10.2. The molecule has 0 radical (unpaired) electrons. The van der Waals surface area contributed by atoms with Crippen LogP contribution in [0.25, 0.3) is 0 Å². The fraction of sp³-hybridized carbons (Fsp3) is 0.500. The third-order valence-electron chi connectivity index (χ3n) is 1.47. The van der Waals surface area contributed by atoms with Crippen LogP contribution in [0, 0.1) is 12.3 Å². The van der Waals surface area contributed by atoms with Gasteiger partial charge in [-0.3, -0.25) is 4.79 Å². The summed E-state index contributed by atoms with van der Waals surface area (Å²) in [5, 5.41) is 5.60. The molecule has 72 valence electrons. The fourth-order valence-corrected chi connectivity index (χ4v) is 0.711. The summed E-state index contributed by atoms with van der Waals surface area (Å²) in [6, 6.07) is -0.231. The van der Waals surface area contributed by atoms with Gasteiger partial charge >= 0.3 is 0 Å². The van der Waals surface area contributed by atoms with Crippen molar-refractivity contribution in [1.29, 1.82) is 0 Å². The third-order valence-corrected chi connectivity index (χ3v) is 1.47. The van der Waals surface area contributed by atoms with E-state index < -0.39 is 0 Å². The van der Waals surface area contributed by atoms with Crippen molar-refractivity contribution in [3.05, 3.63) is 12.2 Å². The van der Waals surface area contributed by atoms with Crippen molar-refractivity contribution in [1.82, 2.24) is 10.6 Å². The molecule has 1 unspecified atom stereocenters. The molecule has 0 saturated heterocycles. The van der Waals surface area contributed by atoms with Crippen molar-refractivity contribution < 1.29 is 4.79 Å². The van der Waals surface area contributed by atoms with Gasteiger partial charge in [-0.25, -0.2) is 0 Å². The molecule has 0 aliphatic carbocycles. The molecule has 1 amide bonds. The highest BCUT2D eigenvalue weighted by atomic mass is 16.2. The molecule has 3 nitrogen and oxygen atoms in total. The summed E-state index contributed by atoms with van der Waals surface area (Å²) in [7, 11) is 0. The molecule has 0 fully saturated rings. The zero-order valence-corrected chi connectivity index (χ0v) is 8.18. The Balaban J connectivity index is 3.70. The maximum absolute atomic E-state index is 11.2. The number of terminal acetylenes is 1. The number of rotatable bonds is 5. The second kappa shape index (κ2) is 6.27. The van der Waals surface area contributed by atoms with Crippen LogP contribution in [0.1, 0.15) is 13.8 Å². The Kier molecular flexibility index (Phi) is 5.66. The maximum atomic E-state index is 11.2. The van der Waals surface area contributed by atoms with Crippen LogP contribution in [-0.4, -0.2) is 25.0 Å². The van der Waals surface area contributed by atoms with Crippen molar-refractivity contribution in [3.63, 3.8) is 0 Å². The van der Waals surface area contributed by atoms with Gasteiger partial charge in [0, 0.05) is 6.54 Å². The first-order valence-electron chi connectivity index (χ1n) is 4.17. The highest BCUT2D eigenvalue weighted by Gasteiger charge is 2.09. The van der Waals surface area contributed by atoms with Gasteiger partial charge in [-0.2, -0.15) is 0 Å². The van der Waals surface area contributed by atoms with Crippen LogP contribution in [0.5, 0.6) is 0 Å². The molecule has 1 atom stereocenters. The molecule has 0 rings (SSSR count). The first kappa shape index (κ1) is 11.7. The lowest BCUT2D eigenvalue weighted by Crippen LogP contribution is -2.42. The summed E-state index contributed by atoms with van der Waals surface area (Å²) in [6.07, 6.45) is 5.00. The molecule has 0 aliphatic heterocycles. The van der Waals surface area contributed by atoms with Crippen molar-refractivity contribution in [2.75, 3.05) is 13.1 Å². The third kappa shape index (κ3) is 5.94. The lowest BCUT2D eigenvalue weighted by Gasteiger charge is -2.12. The van der Waals surface area contributed by atoms with E-state index in [2.05, 4.69) is 23.1 Å². The summed E-state index contributed by atoms with van der Waals surface area (Å²) in [6.45, 7) is 8.33. The molecule has 0 bridgehead atoms. The van der Waals surface area contributed by atoms with Gasteiger partial charge in [0.25, 0.3) is 0 Å². The van der Waals surface area contributed by atoms with Crippen LogP contribution < -0.4 is 10.6 Å². The van der Waals surface area contributed by atoms with E-state index in [9.17, 15) is 4.79 Å². The van der Waals surface area contributed by atoms with Gasteiger partial charge in [-0.15, -0.1) is 6.42 Å². The average Bonchev–Trinajstić information content (AvgIpc) is 2.10. The second-order valence-electron chi connectivity index (χ2n) is 2.98. The largest absolute Gasteiger partial charge is 0.344 e. The highest BCUT2D eigenvalue weighted by Crippen LogP contribution is 1.86. The number of amides is 1. The van der Waals surface area contributed by atoms with Crippen molar-refractivity contribution in [2.24, 2.45) is 0 Å². The van der Waals surface area contributed by atoms with Gasteiger partial charge in [0.15, 0.2) is 0 Å².